The number of carbonyl (C=O) groups excluding carboxylic acids is 1. The minimum absolute atomic E-state index is 0.243. The second-order valence-electron chi connectivity index (χ2n) is 6.11. The second-order valence-corrected chi connectivity index (χ2v) is 7.17. The summed E-state index contributed by atoms with van der Waals surface area (Å²) in [5.74, 6) is -0.243. The maximum Gasteiger partial charge on any atom is 0.331 e. The fourth-order valence-electron chi connectivity index (χ4n) is 3.12. The molecular formula is C19H24N2O2S. The lowest BCUT2D eigenvalue weighted by molar-refractivity contribution is -0.144. The van der Waals surface area contributed by atoms with Gasteiger partial charge in [0.1, 0.15) is 0 Å². The van der Waals surface area contributed by atoms with E-state index in [0.717, 1.165) is 23.2 Å². The average molecular weight is 344 g/mol. The summed E-state index contributed by atoms with van der Waals surface area (Å²) in [6.07, 6.45) is 5.30. The van der Waals surface area contributed by atoms with Gasteiger partial charge in [-0.15, -0.1) is 11.3 Å². The Morgan fingerprint density at radius 1 is 1.29 bits per heavy atom. The summed E-state index contributed by atoms with van der Waals surface area (Å²) < 4.78 is 7.42. The Kier molecular flexibility index (Phi) is 5.51. The molecule has 2 aromatic rings. The molecule has 0 spiro atoms. The number of ether oxygens (including phenoxy) is 1. The van der Waals surface area contributed by atoms with Crippen molar-refractivity contribution in [3.05, 3.63) is 51.3 Å². The molecular weight excluding hydrogens is 320 g/mol. The highest BCUT2D eigenvalue weighted by Crippen LogP contribution is 2.22. The van der Waals surface area contributed by atoms with Gasteiger partial charge in [0.2, 0.25) is 0 Å². The Labute approximate surface area is 146 Å². The fraction of sp³-hybridized carbons (Fsp3) is 0.474. The Morgan fingerprint density at radius 2 is 2.04 bits per heavy atom. The van der Waals surface area contributed by atoms with Gasteiger partial charge < -0.3 is 9.30 Å². The zero-order valence-electron chi connectivity index (χ0n) is 14.3. The number of aryl methyl sites for hydroxylation is 1. The number of rotatable bonds is 5. The van der Waals surface area contributed by atoms with E-state index in [1.807, 2.05) is 37.3 Å². The van der Waals surface area contributed by atoms with Gasteiger partial charge in [-0.3, -0.25) is 0 Å². The highest BCUT2D eigenvalue weighted by atomic mass is 32.1. The van der Waals surface area contributed by atoms with Gasteiger partial charge in [-0.05, 0) is 38.2 Å². The number of benzene rings is 1. The fourth-order valence-corrected chi connectivity index (χ4v) is 4.37. The topological polar surface area (TPSA) is 43.6 Å². The van der Waals surface area contributed by atoms with E-state index in [1.165, 1.54) is 23.4 Å². The van der Waals surface area contributed by atoms with Crippen LogP contribution in [0.2, 0.25) is 0 Å². The normalized spacial score (nSPS) is 15.8. The molecule has 1 atom stereocenters. The third-order valence-corrected chi connectivity index (χ3v) is 5.64. The monoisotopic (exact) mass is 344 g/mol. The van der Waals surface area contributed by atoms with Crippen LogP contribution in [-0.2, 0) is 35.8 Å². The number of hydrogen-bond donors (Lipinski definition) is 0. The van der Waals surface area contributed by atoms with Crippen molar-refractivity contribution in [2.24, 2.45) is 12.0 Å². The van der Waals surface area contributed by atoms with Crippen LogP contribution in [0, 0.1) is 0 Å². The van der Waals surface area contributed by atoms with E-state index in [1.54, 1.807) is 11.3 Å². The molecule has 4 nitrogen and oxygen atoms in total. The predicted octanol–water partition coefficient (Wildman–Crippen LogP) is 3.04. The third kappa shape index (κ3) is 3.78. The van der Waals surface area contributed by atoms with Crippen LogP contribution >= 0.6 is 11.3 Å². The molecule has 1 aromatic heterocycles. The number of carbonyl (C=O) groups is 1. The van der Waals surface area contributed by atoms with E-state index >= 15 is 0 Å². The van der Waals surface area contributed by atoms with Crippen molar-refractivity contribution in [1.82, 2.24) is 4.57 Å². The smallest absolute Gasteiger partial charge is 0.331 e. The van der Waals surface area contributed by atoms with E-state index in [2.05, 4.69) is 11.6 Å². The molecule has 1 aliphatic rings. The number of nitrogens with zero attached hydrogens (tertiary/aromatic N) is 2. The predicted molar refractivity (Wildman–Crippen MR) is 96.1 cm³/mol. The van der Waals surface area contributed by atoms with E-state index in [-0.39, 0.29) is 5.97 Å². The molecule has 1 unspecified atom stereocenters. The van der Waals surface area contributed by atoms with Crippen molar-refractivity contribution in [2.75, 3.05) is 6.61 Å². The van der Waals surface area contributed by atoms with Gasteiger partial charge >= 0.3 is 5.97 Å². The number of aromatic nitrogens is 1. The number of thiazole rings is 1. The molecule has 1 aromatic carbocycles. The van der Waals surface area contributed by atoms with E-state index < -0.39 is 6.04 Å². The maximum absolute atomic E-state index is 12.4. The van der Waals surface area contributed by atoms with Crippen LogP contribution in [0.3, 0.4) is 0 Å². The molecule has 0 saturated heterocycles. The summed E-state index contributed by atoms with van der Waals surface area (Å²) in [5.41, 5.74) is 2.48. The number of fused-ring (bicyclic) bond motifs is 1. The van der Waals surface area contributed by atoms with Gasteiger partial charge in [-0.2, -0.15) is 0 Å². The van der Waals surface area contributed by atoms with E-state index in [9.17, 15) is 4.79 Å². The van der Waals surface area contributed by atoms with Crippen molar-refractivity contribution in [1.29, 1.82) is 0 Å². The molecule has 0 aliphatic heterocycles. The van der Waals surface area contributed by atoms with Crippen LogP contribution in [0.25, 0.3) is 0 Å². The Bertz CT molecular complexity index is 761. The molecule has 3 rings (SSSR count). The molecule has 1 heterocycles. The Morgan fingerprint density at radius 3 is 2.75 bits per heavy atom. The lowest BCUT2D eigenvalue weighted by Crippen LogP contribution is -2.28. The molecule has 128 valence electrons. The quantitative estimate of drug-likeness (QED) is 0.783. The van der Waals surface area contributed by atoms with Gasteiger partial charge in [-0.25, -0.2) is 9.79 Å². The molecule has 0 fully saturated rings. The first-order chi connectivity index (χ1) is 11.7. The summed E-state index contributed by atoms with van der Waals surface area (Å²) >= 11 is 1.72. The first kappa shape index (κ1) is 17.0. The van der Waals surface area contributed by atoms with Gasteiger partial charge in [0.05, 0.1) is 6.61 Å². The van der Waals surface area contributed by atoms with Crippen molar-refractivity contribution >= 4 is 17.3 Å². The van der Waals surface area contributed by atoms with Gasteiger partial charge in [0.25, 0.3) is 0 Å². The summed E-state index contributed by atoms with van der Waals surface area (Å²) in [4.78, 5) is 19.5. The highest BCUT2D eigenvalue weighted by molar-refractivity contribution is 7.09. The number of esters is 1. The van der Waals surface area contributed by atoms with Crippen molar-refractivity contribution in [3.8, 4) is 0 Å². The minimum Gasteiger partial charge on any atom is -0.464 e. The van der Waals surface area contributed by atoms with Gasteiger partial charge in [-0.1, -0.05) is 30.3 Å². The van der Waals surface area contributed by atoms with Crippen LogP contribution in [0.5, 0.6) is 0 Å². The zero-order chi connectivity index (χ0) is 16.9. The lowest BCUT2D eigenvalue weighted by Gasteiger charge is -2.12. The molecule has 0 bridgehead atoms. The van der Waals surface area contributed by atoms with E-state index in [0.29, 0.717) is 13.0 Å². The Balaban J connectivity index is 1.93. The maximum atomic E-state index is 12.4. The van der Waals surface area contributed by atoms with Gasteiger partial charge in [0.15, 0.2) is 10.8 Å². The lowest BCUT2D eigenvalue weighted by atomic mass is 10.0. The summed E-state index contributed by atoms with van der Waals surface area (Å²) in [5, 5.41) is 0. The highest BCUT2D eigenvalue weighted by Gasteiger charge is 2.21. The van der Waals surface area contributed by atoms with Crippen LogP contribution < -0.4 is 4.80 Å². The van der Waals surface area contributed by atoms with Gasteiger partial charge in [0, 0.05) is 24.0 Å². The molecule has 1 aliphatic carbocycles. The average Bonchev–Trinajstić information content (AvgIpc) is 2.92. The largest absolute Gasteiger partial charge is 0.464 e. The summed E-state index contributed by atoms with van der Waals surface area (Å²) in [7, 11) is 2.06. The molecule has 24 heavy (non-hydrogen) atoms. The second kappa shape index (κ2) is 7.79. The van der Waals surface area contributed by atoms with Crippen molar-refractivity contribution in [3.63, 3.8) is 0 Å². The summed E-state index contributed by atoms with van der Waals surface area (Å²) in [6, 6.07) is 9.53. The first-order valence-electron chi connectivity index (χ1n) is 8.61. The molecule has 0 amide bonds. The van der Waals surface area contributed by atoms with Crippen molar-refractivity contribution < 1.29 is 9.53 Å². The van der Waals surface area contributed by atoms with E-state index in [4.69, 9.17) is 9.73 Å². The molecule has 0 saturated carbocycles. The van der Waals surface area contributed by atoms with Crippen LogP contribution in [-0.4, -0.2) is 23.2 Å². The first-order valence-corrected chi connectivity index (χ1v) is 9.42. The van der Waals surface area contributed by atoms with Crippen LogP contribution in [0.4, 0.5) is 0 Å². The molecule has 5 heteroatoms. The summed E-state index contributed by atoms with van der Waals surface area (Å²) in [6.45, 7) is 2.22. The Hall–Kier alpha value is -1.88. The molecule has 0 radical (unpaired) electrons. The third-order valence-electron chi connectivity index (χ3n) is 4.39. The van der Waals surface area contributed by atoms with Crippen molar-refractivity contribution in [2.45, 2.75) is 45.1 Å². The standard InChI is InChI=1S/C19H24N2O2S/c1-3-23-18(22)15(13-14-9-5-4-6-10-14)20-19-21(2)16-11-7-8-12-17(16)24-19/h4-6,9-10,15H,3,7-8,11-13H2,1-2H3. The zero-order valence-corrected chi connectivity index (χ0v) is 15.1. The van der Waals surface area contributed by atoms with Crippen LogP contribution in [0.15, 0.2) is 35.3 Å². The van der Waals surface area contributed by atoms with Crippen LogP contribution in [0.1, 0.15) is 35.9 Å². The SMILES string of the molecule is CCOC(=O)C(Cc1ccccc1)N=c1sc2c(n1C)CCCC2. The number of hydrogen-bond acceptors (Lipinski definition) is 4. The molecule has 0 N–H and O–H groups in total. The minimum atomic E-state index is -0.487.